The van der Waals surface area contributed by atoms with Crippen LogP contribution in [0.2, 0.25) is 0 Å². The van der Waals surface area contributed by atoms with Gasteiger partial charge in [-0.1, -0.05) is 19.1 Å². The zero-order valence-corrected chi connectivity index (χ0v) is 9.58. The minimum atomic E-state index is -0.0678. The van der Waals surface area contributed by atoms with Crippen LogP contribution in [0.25, 0.3) is 0 Å². The van der Waals surface area contributed by atoms with Crippen molar-refractivity contribution in [2.24, 2.45) is 0 Å². The number of nitrogens with zero attached hydrogens (tertiary/aromatic N) is 1. The molecule has 0 bridgehead atoms. The molecule has 82 valence electrons. The number of carbonyl (C=O) groups excluding carboxylic acids is 1. The van der Waals surface area contributed by atoms with Crippen molar-refractivity contribution < 1.29 is 4.79 Å². The van der Waals surface area contributed by atoms with E-state index < -0.39 is 0 Å². The zero-order valence-electron chi connectivity index (χ0n) is 9.58. The summed E-state index contributed by atoms with van der Waals surface area (Å²) in [6.07, 6.45) is 1.02. The third-order valence-electron chi connectivity index (χ3n) is 2.36. The molecule has 1 rings (SSSR count). The first-order valence-electron chi connectivity index (χ1n) is 5.29. The fraction of sp³-hybridized carbons (Fsp3) is 0.417. The molecule has 0 fully saturated rings. The third-order valence-corrected chi connectivity index (χ3v) is 2.36. The topological polar surface area (TPSA) is 32.3 Å². The molecule has 0 heterocycles. The maximum atomic E-state index is 11.5. The summed E-state index contributed by atoms with van der Waals surface area (Å²) in [4.78, 5) is 13.1. The summed E-state index contributed by atoms with van der Waals surface area (Å²) in [5.74, 6) is 0. The Kier molecular flexibility index (Phi) is 4.16. The first kappa shape index (κ1) is 11.6. The van der Waals surface area contributed by atoms with Crippen LogP contribution in [-0.2, 0) is 6.42 Å². The van der Waals surface area contributed by atoms with Gasteiger partial charge in [0.15, 0.2) is 0 Å². The van der Waals surface area contributed by atoms with Crippen molar-refractivity contribution in [3.63, 3.8) is 0 Å². The molecule has 0 saturated carbocycles. The van der Waals surface area contributed by atoms with E-state index in [0.29, 0.717) is 6.54 Å². The minimum absolute atomic E-state index is 0.0678. The average Bonchev–Trinajstić information content (AvgIpc) is 2.28. The van der Waals surface area contributed by atoms with Gasteiger partial charge in [0.1, 0.15) is 0 Å². The van der Waals surface area contributed by atoms with Crippen LogP contribution in [0.1, 0.15) is 19.4 Å². The van der Waals surface area contributed by atoms with Crippen molar-refractivity contribution in [3.8, 4) is 0 Å². The lowest BCUT2D eigenvalue weighted by Crippen LogP contribution is -2.36. The highest BCUT2D eigenvalue weighted by Gasteiger charge is 2.08. The Bertz CT molecular complexity index is 319. The molecular weight excluding hydrogens is 188 g/mol. The van der Waals surface area contributed by atoms with Crippen LogP contribution in [0.3, 0.4) is 0 Å². The van der Waals surface area contributed by atoms with Crippen molar-refractivity contribution in [2.75, 3.05) is 18.5 Å². The number of hydrogen-bond acceptors (Lipinski definition) is 1. The number of carbonyl (C=O) groups is 1. The highest BCUT2D eigenvalue weighted by molar-refractivity contribution is 5.91. The second-order valence-electron chi connectivity index (χ2n) is 3.41. The maximum Gasteiger partial charge on any atom is 0.321 e. The molecule has 3 heteroatoms. The van der Waals surface area contributed by atoms with E-state index in [1.807, 2.05) is 31.2 Å². The molecule has 0 atom stereocenters. The van der Waals surface area contributed by atoms with Crippen LogP contribution >= 0.6 is 0 Å². The van der Waals surface area contributed by atoms with Gasteiger partial charge in [-0.15, -0.1) is 0 Å². The van der Waals surface area contributed by atoms with Crippen molar-refractivity contribution in [3.05, 3.63) is 29.8 Å². The normalized spacial score (nSPS) is 9.80. The minimum Gasteiger partial charge on any atom is -0.338 e. The SMILES string of the molecule is CCNC(=O)N(C)c1ccc(CC)cc1. The Morgan fingerprint density at radius 2 is 1.87 bits per heavy atom. The number of benzene rings is 1. The molecule has 0 saturated heterocycles. The van der Waals surface area contributed by atoms with Gasteiger partial charge >= 0.3 is 6.03 Å². The summed E-state index contributed by atoms with van der Waals surface area (Å²) < 4.78 is 0. The van der Waals surface area contributed by atoms with E-state index in [4.69, 9.17) is 0 Å². The van der Waals surface area contributed by atoms with Crippen molar-refractivity contribution >= 4 is 11.7 Å². The van der Waals surface area contributed by atoms with Gasteiger partial charge in [-0.05, 0) is 31.0 Å². The lowest BCUT2D eigenvalue weighted by atomic mass is 10.1. The molecule has 2 amide bonds. The van der Waals surface area contributed by atoms with E-state index in [1.54, 1.807) is 11.9 Å². The Labute approximate surface area is 91.1 Å². The van der Waals surface area contributed by atoms with E-state index in [-0.39, 0.29) is 6.03 Å². The van der Waals surface area contributed by atoms with Crippen LogP contribution < -0.4 is 10.2 Å². The van der Waals surface area contributed by atoms with Gasteiger partial charge in [0.25, 0.3) is 0 Å². The fourth-order valence-corrected chi connectivity index (χ4v) is 1.34. The second-order valence-corrected chi connectivity index (χ2v) is 3.41. The Balaban J connectivity index is 2.73. The monoisotopic (exact) mass is 206 g/mol. The second kappa shape index (κ2) is 5.39. The molecule has 0 spiro atoms. The predicted molar refractivity (Wildman–Crippen MR) is 63.3 cm³/mol. The first-order valence-corrected chi connectivity index (χ1v) is 5.29. The van der Waals surface area contributed by atoms with E-state index >= 15 is 0 Å². The number of aryl methyl sites for hydroxylation is 1. The molecule has 1 N–H and O–H groups in total. The third kappa shape index (κ3) is 2.98. The van der Waals surface area contributed by atoms with Crippen LogP contribution in [0.5, 0.6) is 0 Å². The molecule has 15 heavy (non-hydrogen) atoms. The highest BCUT2D eigenvalue weighted by atomic mass is 16.2. The fourth-order valence-electron chi connectivity index (χ4n) is 1.34. The summed E-state index contributed by atoms with van der Waals surface area (Å²) >= 11 is 0. The van der Waals surface area contributed by atoms with Crippen molar-refractivity contribution in [1.82, 2.24) is 5.32 Å². The van der Waals surface area contributed by atoms with Gasteiger partial charge in [-0.3, -0.25) is 4.90 Å². The number of anilines is 1. The lowest BCUT2D eigenvalue weighted by molar-refractivity contribution is 0.248. The first-order chi connectivity index (χ1) is 7.19. The molecule has 0 unspecified atom stereocenters. The maximum absolute atomic E-state index is 11.5. The molecule has 1 aromatic rings. The van der Waals surface area contributed by atoms with Crippen molar-refractivity contribution in [2.45, 2.75) is 20.3 Å². The molecule has 1 aromatic carbocycles. The predicted octanol–water partition coefficient (Wildman–Crippen LogP) is 2.41. The van der Waals surface area contributed by atoms with E-state index in [2.05, 4.69) is 12.2 Å². The Hall–Kier alpha value is -1.51. The molecular formula is C12H18N2O. The average molecular weight is 206 g/mol. The van der Waals surface area contributed by atoms with Gasteiger partial charge in [0.05, 0.1) is 0 Å². The number of nitrogens with one attached hydrogen (secondary N) is 1. The van der Waals surface area contributed by atoms with E-state index in [9.17, 15) is 4.79 Å². The Morgan fingerprint density at radius 3 is 2.33 bits per heavy atom. The van der Waals surface area contributed by atoms with Gasteiger partial charge in [0.2, 0.25) is 0 Å². The summed E-state index contributed by atoms with van der Waals surface area (Å²) in [6.45, 7) is 4.67. The molecule has 0 aliphatic rings. The molecule has 0 radical (unpaired) electrons. The van der Waals surface area contributed by atoms with E-state index in [1.165, 1.54) is 5.56 Å². The highest BCUT2D eigenvalue weighted by Crippen LogP contribution is 2.13. The zero-order chi connectivity index (χ0) is 11.3. The summed E-state index contributed by atoms with van der Waals surface area (Å²) in [5, 5.41) is 2.76. The van der Waals surface area contributed by atoms with E-state index in [0.717, 1.165) is 12.1 Å². The molecule has 0 aromatic heterocycles. The van der Waals surface area contributed by atoms with Crippen molar-refractivity contribution in [1.29, 1.82) is 0 Å². The molecule has 0 aliphatic carbocycles. The van der Waals surface area contributed by atoms with Gasteiger partial charge in [-0.2, -0.15) is 0 Å². The molecule has 0 aliphatic heterocycles. The summed E-state index contributed by atoms with van der Waals surface area (Å²) in [7, 11) is 1.77. The smallest absolute Gasteiger partial charge is 0.321 e. The molecule has 3 nitrogen and oxygen atoms in total. The van der Waals surface area contributed by atoms with Gasteiger partial charge < -0.3 is 5.32 Å². The summed E-state index contributed by atoms with van der Waals surface area (Å²) in [5.41, 5.74) is 2.20. The number of urea groups is 1. The lowest BCUT2D eigenvalue weighted by Gasteiger charge is -2.17. The summed E-state index contributed by atoms with van der Waals surface area (Å²) in [6, 6.07) is 7.96. The standard InChI is InChI=1S/C12H18N2O/c1-4-10-6-8-11(9-7-10)14(3)12(15)13-5-2/h6-9H,4-5H2,1-3H3,(H,13,15). The number of rotatable bonds is 3. The largest absolute Gasteiger partial charge is 0.338 e. The quantitative estimate of drug-likeness (QED) is 0.809. The number of hydrogen-bond donors (Lipinski definition) is 1. The van der Waals surface area contributed by atoms with Crippen LogP contribution in [0.4, 0.5) is 10.5 Å². The van der Waals surface area contributed by atoms with Crippen LogP contribution in [-0.4, -0.2) is 19.6 Å². The van der Waals surface area contributed by atoms with Crippen LogP contribution in [0, 0.1) is 0 Å². The van der Waals surface area contributed by atoms with Crippen LogP contribution in [0.15, 0.2) is 24.3 Å². The van der Waals surface area contributed by atoms with Gasteiger partial charge in [-0.25, -0.2) is 4.79 Å². The van der Waals surface area contributed by atoms with Gasteiger partial charge in [0, 0.05) is 19.3 Å². The Morgan fingerprint density at radius 1 is 1.27 bits per heavy atom. The number of amides is 2.